The molecule has 1 saturated carbocycles. The lowest BCUT2D eigenvalue weighted by atomic mass is 9.84. The fourth-order valence-corrected chi connectivity index (χ4v) is 3.23. The molecule has 0 spiro atoms. The summed E-state index contributed by atoms with van der Waals surface area (Å²) in [7, 11) is 0. The van der Waals surface area contributed by atoms with E-state index in [4.69, 9.17) is 5.73 Å². The van der Waals surface area contributed by atoms with Crippen LogP contribution in [0.5, 0.6) is 0 Å². The average Bonchev–Trinajstić information content (AvgIpc) is 2.37. The molecule has 1 aliphatic rings. The SMILES string of the molecule is CCC(CC)N(CC(C)C)C(=O)C1CCCC(N)C1. The Morgan fingerprint density at radius 3 is 2.37 bits per heavy atom. The molecular weight excluding hydrogens is 236 g/mol. The first-order valence-corrected chi connectivity index (χ1v) is 8.05. The van der Waals surface area contributed by atoms with Crippen LogP contribution < -0.4 is 5.73 Å². The van der Waals surface area contributed by atoms with Crippen LogP contribution in [-0.2, 0) is 4.79 Å². The lowest BCUT2D eigenvalue weighted by Gasteiger charge is -2.37. The van der Waals surface area contributed by atoms with Crippen molar-refractivity contribution in [1.29, 1.82) is 0 Å². The Hall–Kier alpha value is -0.570. The molecule has 0 aliphatic heterocycles. The van der Waals surface area contributed by atoms with E-state index in [1.807, 2.05) is 0 Å². The van der Waals surface area contributed by atoms with E-state index in [0.717, 1.165) is 45.1 Å². The minimum atomic E-state index is 0.170. The van der Waals surface area contributed by atoms with Gasteiger partial charge in [0.1, 0.15) is 0 Å². The van der Waals surface area contributed by atoms with Crippen molar-refractivity contribution in [2.75, 3.05) is 6.54 Å². The Morgan fingerprint density at radius 1 is 1.26 bits per heavy atom. The number of carbonyl (C=O) groups excluding carboxylic acids is 1. The highest BCUT2D eigenvalue weighted by Gasteiger charge is 2.31. The van der Waals surface area contributed by atoms with Crippen molar-refractivity contribution < 1.29 is 4.79 Å². The predicted molar refractivity (Wildman–Crippen MR) is 80.9 cm³/mol. The molecule has 3 heteroatoms. The molecule has 0 aromatic carbocycles. The third-order valence-corrected chi connectivity index (χ3v) is 4.29. The molecule has 19 heavy (non-hydrogen) atoms. The second kappa shape index (κ2) is 7.88. The number of nitrogens with zero attached hydrogens (tertiary/aromatic N) is 1. The van der Waals surface area contributed by atoms with Gasteiger partial charge in [0.25, 0.3) is 0 Å². The van der Waals surface area contributed by atoms with E-state index in [2.05, 4.69) is 32.6 Å². The molecule has 0 bridgehead atoms. The predicted octanol–water partition coefficient (Wildman–Crippen LogP) is 3.18. The summed E-state index contributed by atoms with van der Waals surface area (Å²) < 4.78 is 0. The fourth-order valence-electron chi connectivity index (χ4n) is 3.23. The molecule has 2 N–H and O–H groups in total. The number of hydrogen-bond donors (Lipinski definition) is 1. The minimum Gasteiger partial charge on any atom is -0.339 e. The molecule has 3 nitrogen and oxygen atoms in total. The smallest absolute Gasteiger partial charge is 0.225 e. The van der Waals surface area contributed by atoms with Gasteiger partial charge in [0.05, 0.1) is 0 Å². The molecule has 0 aromatic heterocycles. The molecule has 2 unspecified atom stereocenters. The topological polar surface area (TPSA) is 46.3 Å². The van der Waals surface area contributed by atoms with Gasteiger partial charge in [-0.05, 0) is 38.0 Å². The van der Waals surface area contributed by atoms with Crippen LogP contribution in [0.3, 0.4) is 0 Å². The van der Waals surface area contributed by atoms with Crippen LogP contribution in [-0.4, -0.2) is 29.4 Å². The number of carbonyl (C=O) groups is 1. The Bertz CT molecular complexity index is 274. The van der Waals surface area contributed by atoms with Crippen molar-refractivity contribution in [2.45, 2.75) is 78.3 Å². The van der Waals surface area contributed by atoms with Crippen molar-refractivity contribution in [3.63, 3.8) is 0 Å². The third kappa shape index (κ3) is 4.79. The zero-order valence-corrected chi connectivity index (χ0v) is 13.2. The van der Waals surface area contributed by atoms with Gasteiger partial charge in [0.15, 0.2) is 0 Å². The largest absolute Gasteiger partial charge is 0.339 e. The van der Waals surface area contributed by atoms with Crippen LogP contribution in [0, 0.1) is 11.8 Å². The van der Waals surface area contributed by atoms with E-state index in [9.17, 15) is 4.79 Å². The summed E-state index contributed by atoms with van der Waals surface area (Å²) in [5.74, 6) is 1.06. The first-order valence-electron chi connectivity index (χ1n) is 8.05. The van der Waals surface area contributed by atoms with E-state index in [1.54, 1.807) is 0 Å². The maximum Gasteiger partial charge on any atom is 0.225 e. The maximum absolute atomic E-state index is 12.8. The highest BCUT2D eigenvalue weighted by Crippen LogP contribution is 2.27. The lowest BCUT2D eigenvalue weighted by Crippen LogP contribution is -2.47. The van der Waals surface area contributed by atoms with E-state index in [-0.39, 0.29) is 12.0 Å². The molecular formula is C16H32N2O. The van der Waals surface area contributed by atoms with Gasteiger partial charge in [-0.1, -0.05) is 34.1 Å². The summed E-state index contributed by atoms with van der Waals surface area (Å²) in [4.78, 5) is 15.0. The first-order chi connectivity index (χ1) is 8.99. The molecule has 1 aliphatic carbocycles. The monoisotopic (exact) mass is 268 g/mol. The van der Waals surface area contributed by atoms with E-state index in [1.165, 1.54) is 0 Å². The normalized spacial score (nSPS) is 23.9. The van der Waals surface area contributed by atoms with Gasteiger partial charge in [0, 0.05) is 24.5 Å². The van der Waals surface area contributed by atoms with Crippen LogP contribution in [0.1, 0.15) is 66.2 Å². The molecule has 0 saturated heterocycles. The summed E-state index contributed by atoms with van der Waals surface area (Å²) in [5.41, 5.74) is 6.03. The van der Waals surface area contributed by atoms with Gasteiger partial charge < -0.3 is 10.6 Å². The van der Waals surface area contributed by atoms with Gasteiger partial charge in [0.2, 0.25) is 5.91 Å². The molecule has 0 heterocycles. The van der Waals surface area contributed by atoms with Crippen LogP contribution in [0.25, 0.3) is 0 Å². The third-order valence-electron chi connectivity index (χ3n) is 4.29. The average molecular weight is 268 g/mol. The van der Waals surface area contributed by atoms with Gasteiger partial charge in [-0.2, -0.15) is 0 Å². The number of amides is 1. The van der Waals surface area contributed by atoms with Gasteiger partial charge in [-0.15, -0.1) is 0 Å². The Kier molecular flexibility index (Phi) is 6.84. The number of rotatable bonds is 6. The Labute approximate surface area is 118 Å². The first kappa shape index (κ1) is 16.5. The molecule has 0 aromatic rings. The highest BCUT2D eigenvalue weighted by atomic mass is 16.2. The minimum absolute atomic E-state index is 0.170. The zero-order valence-electron chi connectivity index (χ0n) is 13.2. The number of hydrogen-bond acceptors (Lipinski definition) is 2. The quantitative estimate of drug-likeness (QED) is 0.804. The van der Waals surface area contributed by atoms with Gasteiger partial charge >= 0.3 is 0 Å². The second-order valence-corrected chi connectivity index (χ2v) is 6.48. The van der Waals surface area contributed by atoms with Gasteiger partial charge in [-0.25, -0.2) is 0 Å². The van der Waals surface area contributed by atoms with Crippen LogP contribution in [0.2, 0.25) is 0 Å². The van der Waals surface area contributed by atoms with E-state index in [0.29, 0.717) is 17.9 Å². The highest BCUT2D eigenvalue weighted by molar-refractivity contribution is 5.79. The Balaban J connectivity index is 2.74. The number of nitrogens with two attached hydrogens (primary N) is 1. The fraction of sp³-hybridized carbons (Fsp3) is 0.938. The summed E-state index contributed by atoms with van der Waals surface area (Å²) in [6.45, 7) is 9.63. The lowest BCUT2D eigenvalue weighted by molar-refractivity contribution is -0.140. The maximum atomic E-state index is 12.8. The van der Waals surface area contributed by atoms with Crippen molar-refractivity contribution in [3.05, 3.63) is 0 Å². The van der Waals surface area contributed by atoms with Crippen molar-refractivity contribution >= 4 is 5.91 Å². The van der Waals surface area contributed by atoms with Crippen molar-refractivity contribution in [3.8, 4) is 0 Å². The van der Waals surface area contributed by atoms with Crippen molar-refractivity contribution in [1.82, 2.24) is 4.90 Å². The summed E-state index contributed by atoms with van der Waals surface area (Å²) >= 11 is 0. The van der Waals surface area contributed by atoms with E-state index >= 15 is 0 Å². The zero-order chi connectivity index (χ0) is 14.4. The van der Waals surface area contributed by atoms with Crippen molar-refractivity contribution in [2.24, 2.45) is 17.6 Å². The second-order valence-electron chi connectivity index (χ2n) is 6.48. The van der Waals surface area contributed by atoms with Gasteiger partial charge in [-0.3, -0.25) is 4.79 Å². The molecule has 2 atom stereocenters. The standard InChI is InChI=1S/C16H32N2O/c1-5-15(6-2)18(11-12(3)4)16(19)13-8-7-9-14(17)10-13/h12-15H,5-11,17H2,1-4H3. The summed E-state index contributed by atoms with van der Waals surface area (Å²) in [6, 6.07) is 0.623. The van der Waals surface area contributed by atoms with Crippen LogP contribution in [0.15, 0.2) is 0 Å². The van der Waals surface area contributed by atoms with Crippen LogP contribution >= 0.6 is 0 Å². The molecule has 1 rings (SSSR count). The molecule has 1 amide bonds. The molecule has 112 valence electrons. The Morgan fingerprint density at radius 2 is 1.89 bits per heavy atom. The van der Waals surface area contributed by atoms with Crippen LogP contribution in [0.4, 0.5) is 0 Å². The van der Waals surface area contributed by atoms with E-state index < -0.39 is 0 Å². The molecule has 1 fully saturated rings. The summed E-state index contributed by atoms with van der Waals surface area (Å²) in [6.07, 6.45) is 6.20. The summed E-state index contributed by atoms with van der Waals surface area (Å²) in [5, 5.41) is 0. The molecule has 0 radical (unpaired) electrons.